The van der Waals surface area contributed by atoms with Gasteiger partial charge in [-0.1, -0.05) is 33.6 Å². The highest BCUT2D eigenvalue weighted by atomic mass is 15.1. The first-order valence-corrected chi connectivity index (χ1v) is 8.82. The van der Waals surface area contributed by atoms with Gasteiger partial charge >= 0.3 is 0 Å². The third-order valence-corrected chi connectivity index (χ3v) is 5.83. The smallest absolute Gasteiger partial charge is 0.0103 e. The minimum Gasteiger partial charge on any atom is -0.311 e. The molecule has 2 rings (SSSR count). The number of piperidine rings is 1. The van der Waals surface area contributed by atoms with Gasteiger partial charge in [0.15, 0.2) is 0 Å². The summed E-state index contributed by atoms with van der Waals surface area (Å²) >= 11 is 0. The molecule has 0 aromatic heterocycles. The molecule has 2 fully saturated rings. The number of nitrogens with zero attached hydrogens (tertiary/aromatic N) is 1. The van der Waals surface area contributed by atoms with Crippen LogP contribution in [0.15, 0.2) is 0 Å². The Labute approximate surface area is 126 Å². The van der Waals surface area contributed by atoms with E-state index in [2.05, 4.69) is 45.0 Å². The number of rotatable bonds is 3. The van der Waals surface area contributed by atoms with Crippen LogP contribution < -0.4 is 5.32 Å². The summed E-state index contributed by atoms with van der Waals surface area (Å²) in [6.45, 7) is 12.3. The van der Waals surface area contributed by atoms with Crippen molar-refractivity contribution in [1.82, 2.24) is 10.2 Å². The molecule has 0 radical (unpaired) electrons. The summed E-state index contributed by atoms with van der Waals surface area (Å²) in [4.78, 5) is 2.47. The Hall–Kier alpha value is -0.0800. The molecule has 3 unspecified atom stereocenters. The van der Waals surface area contributed by atoms with Crippen LogP contribution in [0.4, 0.5) is 0 Å². The first-order valence-electron chi connectivity index (χ1n) is 8.82. The SMILES string of the molecule is CC(NC1CCCCC1C(C)(C)C)C1CCN(C)CC1. The fourth-order valence-electron chi connectivity index (χ4n) is 4.37. The van der Waals surface area contributed by atoms with Crippen LogP contribution in [0.25, 0.3) is 0 Å². The molecule has 3 atom stereocenters. The summed E-state index contributed by atoms with van der Waals surface area (Å²) in [5, 5.41) is 4.04. The van der Waals surface area contributed by atoms with Crippen LogP contribution in [-0.4, -0.2) is 37.1 Å². The first-order chi connectivity index (χ1) is 9.38. The highest BCUT2D eigenvalue weighted by Crippen LogP contribution is 2.38. The van der Waals surface area contributed by atoms with Crippen molar-refractivity contribution in [2.24, 2.45) is 17.3 Å². The van der Waals surface area contributed by atoms with Crippen molar-refractivity contribution in [3.8, 4) is 0 Å². The second kappa shape index (κ2) is 6.79. The number of hydrogen-bond donors (Lipinski definition) is 1. The van der Waals surface area contributed by atoms with Gasteiger partial charge < -0.3 is 10.2 Å². The van der Waals surface area contributed by atoms with E-state index in [-0.39, 0.29) is 0 Å². The molecule has 0 bridgehead atoms. The van der Waals surface area contributed by atoms with Crippen molar-refractivity contribution in [3.05, 3.63) is 0 Å². The van der Waals surface area contributed by atoms with Crippen molar-refractivity contribution in [2.75, 3.05) is 20.1 Å². The Balaban J connectivity index is 1.89. The van der Waals surface area contributed by atoms with E-state index in [4.69, 9.17) is 0 Å². The molecule has 1 heterocycles. The maximum Gasteiger partial charge on any atom is 0.0103 e. The molecule has 2 nitrogen and oxygen atoms in total. The summed E-state index contributed by atoms with van der Waals surface area (Å²) in [6, 6.07) is 1.44. The summed E-state index contributed by atoms with van der Waals surface area (Å²) in [7, 11) is 2.26. The quantitative estimate of drug-likeness (QED) is 0.843. The lowest BCUT2D eigenvalue weighted by molar-refractivity contribution is 0.107. The predicted molar refractivity (Wildman–Crippen MR) is 88.0 cm³/mol. The molecule has 1 aliphatic carbocycles. The van der Waals surface area contributed by atoms with E-state index in [0.29, 0.717) is 11.5 Å². The Morgan fingerprint density at radius 1 is 1.00 bits per heavy atom. The topological polar surface area (TPSA) is 15.3 Å². The highest BCUT2D eigenvalue weighted by molar-refractivity contribution is 4.91. The van der Waals surface area contributed by atoms with E-state index in [0.717, 1.165) is 17.9 Å². The van der Waals surface area contributed by atoms with Crippen molar-refractivity contribution < 1.29 is 0 Å². The summed E-state index contributed by atoms with van der Waals surface area (Å²) in [5.74, 6) is 1.73. The van der Waals surface area contributed by atoms with Crippen LogP contribution >= 0.6 is 0 Å². The second-order valence-electron chi connectivity index (χ2n) is 8.46. The molecule has 2 heteroatoms. The molecule has 0 aromatic rings. The van der Waals surface area contributed by atoms with Gasteiger partial charge in [0.2, 0.25) is 0 Å². The average Bonchev–Trinajstić information content (AvgIpc) is 2.38. The zero-order valence-electron chi connectivity index (χ0n) is 14.4. The molecule has 0 amide bonds. The van der Waals surface area contributed by atoms with E-state index in [9.17, 15) is 0 Å². The lowest BCUT2D eigenvalue weighted by atomic mass is 9.69. The van der Waals surface area contributed by atoms with Crippen LogP contribution in [0.3, 0.4) is 0 Å². The van der Waals surface area contributed by atoms with E-state index in [1.165, 1.54) is 51.6 Å². The largest absolute Gasteiger partial charge is 0.311 e. The molecular weight excluding hydrogens is 244 g/mol. The molecule has 118 valence electrons. The average molecular weight is 281 g/mol. The Kier molecular flexibility index (Phi) is 5.53. The molecule has 0 spiro atoms. The van der Waals surface area contributed by atoms with Gasteiger partial charge in [-0.25, -0.2) is 0 Å². The lowest BCUT2D eigenvalue weighted by Gasteiger charge is -2.44. The van der Waals surface area contributed by atoms with Gasteiger partial charge in [-0.15, -0.1) is 0 Å². The molecular formula is C18H36N2. The molecule has 2 aliphatic rings. The Morgan fingerprint density at radius 2 is 1.60 bits per heavy atom. The Bertz CT molecular complexity index is 286. The summed E-state index contributed by atoms with van der Waals surface area (Å²) in [5.41, 5.74) is 0.449. The minimum absolute atomic E-state index is 0.449. The van der Waals surface area contributed by atoms with E-state index in [1.807, 2.05) is 0 Å². The molecule has 1 saturated heterocycles. The first kappa shape index (κ1) is 16.3. The number of nitrogens with one attached hydrogen (secondary N) is 1. The fraction of sp³-hybridized carbons (Fsp3) is 1.00. The minimum atomic E-state index is 0.449. The standard InChI is InChI=1S/C18H36N2/c1-14(15-10-12-20(5)13-11-15)19-17-9-7-6-8-16(17)18(2,3)4/h14-17,19H,6-13H2,1-5H3. The van der Waals surface area contributed by atoms with Crippen molar-refractivity contribution in [1.29, 1.82) is 0 Å². The maximum atomic E-state index is 4.04. The second-order valence-corrected chi connectivity index (χ2v) is 8.46. The fourth-order valence-corrected chi connectivity index (χ4v) is 4.37. The number of likely N-dealkylation sites (tertiary alicyclic amines) is 1. The van der Waals surface area contributed by atoms with Crippen LogP contribution in [0.1, 0.15) is 66.2 Å². The van der Waals surface area contributed by atoms with Gasteiger partial charge in [0, 0.05) is 12.1 Å². The monoisotopic (exact) mass is 280 g/mol. The van der Waals surface area contributed by atoms with Crippen LogP contribution in [-0.2, 0) is 0 Å². The third kappa shape index (κ3) is 4.21. The van der Waals surface area contributed by atoms with Gasteiger partial charge in [-0.05, 0) is 70.0 Å². The summed E-state index contributed by atoms with van der Waals surface area (Å²) in [6.07, 6.45) is 8.41. The van der Waals surface area contributed by atoms with Crippen molar-refractivity contribution in [2.45, 2.75) is 78.3 Å². The van der Waals surface area contributed by atoms with Crippen LogP contribution in [0.2, 0.25) is 0 Å². The normalized spacial score (nSPS) is 32.2. The van der Waals surface area contributed by atoms with Gasteiger partial charge in [0.05, 0.1) is 0 Å². The highest BCUT2D eigenvalue weighted by Gasteiger charge is 2.35. The zero-order valence-corrected chi connectivity index (χ0v) is 14.4. The van der Waals surface area contributed by atoms with Crippen molar-refractivity contribution >= 4 is 0 Å². The third-order valence-electron chi connectivity index (χ3n) is 5.83. The maximum absolute atomic E-state index is 4.04. The van der Waals surface area contributed by atoms with Gasteiger partial charge in [-0.2, -0.15) is 0 Å². The number of hydrogen-bond acceptors (Lipinski definition) is 2. The van der Waals surface area contributed by atoms with Gasteiger partial charge in [0.25, 0.3) is 0 Å². The zero-order chi connectivity index (χ0) is 14.8. The van der Waals surface area contributed by atoms with Gasteiger partial charge in [-0.3, -0.25) is 0 Å². The molecule has 1 aliphatic heterocycles. The molecule has 0 aromatic carbocycles. The predicted octanol–water partition coefficient (Wildman–Crippen LogP) is 3.91. The van der Waals surface area contributed by atoms with E-state index >= 15 is 0 Å². The lowest BCUT2D eigenvalue weighted by Crippen LogP contribution is -2.50. The van der Waals surface area contributed by atoms with Crippen molar-refractivity contribution in [3.63, 3.8) is 0 Å². The molecule has 1 N–H and O–H groups in total. The van der Waals surface area contributed by atoms with Gasteiger partial charge in [0.1, 0.15) is 0 Å². The summed E-state index contributed by atoms with van der Waals surface area (Å²) < 4.78 is 0. The van der Waals surface area contributed by atoms with Crippen LogP contribution in [0.5, 0.6) is 0 Å². The molecule has 1 saturated carbocycles. The van der Waals surface area contributed by atoms with E-state index < -0.39 is 0 Å². The van der Waals surface area contributed by atoms with E-state index in [1.54, 1.807) is 0 Å². The van der Waals surface area contributed by atoms with Crippen LogP contribution in [0, 0.1) is 17.3 Å². The Morgan fingerprint density at radius 3 is 2.20 bits per heavy atom. The molecule has 20 heavy (non-hydrogen) atoms.